The van der Waals surface area contributed by atoms with Crippen LogP contribution in [0, 0.1) is 19.3 Å². The zero-order chi connectivity index (χ0) is 22.8. The van der Waals surface area contributed by atoms with Crippen LogP contribution in [-0.4, -0.2) is 29.5 Å². The summed E-state index contributed by atoms with van der Waals surface area (Å²) in [5.41, 5.74) is 0.986. The number of aliphatic hydroxyl groups is 1. The second-order valence-corrected chi connectivity index (χ2v) is 8.83. The fourth-order valence-electron chi connectivity index (χ4n) is 4.08. The highest BCUT2D eigenvalue weighted by atomic mass is 19.4. The molecule has 170 valence electrons. The van der Waals surface area contributed by atoms with Crippen molar-refractivity contribution in [3.05, 3.63) is 58.7 Å². The number of hydrogen-bond acceptors (Lipinski definition) is 4. The molecule has 1 aromatic rings. The maximum absolute atomic E-state index is 12.8. The van der Waals surface area contributed by atoms with E-state index in [2.05, 4.69) is 0 Å². The molecule has 1 aromatic carbocycles. The fourth-order valence-corrected chi connectivity index (χ4v) is 4.08. The lowest BCUT2D eigenvalue weighted by Gasteiger charge is -2.33. The van der Waals surface area contributed by atoms with Gasteiger partial charge in [-0.05, 0) is 52.9 Å². The van der Waals surface area contributed by atoms with E-state index in [0.29, 0.717) is 31.2 Å². The maximum atomic E-state index is 12.8. The van der Waals surface area contributed by atoms with Gasteiger partial charge in [0.05, 0.1) is 17.1 Å². The van der Waals surface area contributed by atoms with Gasteiger partial charge in [-0.3, -0.25) is 4.79 Å². The SMILES string of the molecule is Cc1cc(C)cc(C(O)OC2CCC(OC(=O)C3(C)C=CC(C(F)(F)F)=CC3)CC2)c1. The molecule has 2 aliphatic rings. The second kappa shape index (κ2) is 9.17. The van der Waals surface area contributed by atoms with Crippen molar-refractivity contribution in [1.82, 2.24) is 0 Å². The molecule has 0 saturated heterocycles. The van der Waals surface area contributed by atoms with E-state index in [4.69, 9.17) is 9.47 Å². The standard InChI is InChI=1S/C24H29F3O4/c1-15-12-16(2)14-17(13-15)21(28)30-19-4-6-20(7-5-19)31-22(29)23(3)10-8-18(9-11-23)24(25,26)27/h8-10,12-14,19-21,28H,4-7,11H2,1-3H3. The van der Waals surface area contributed by atoms with Crippen molar-refractivity contribution in [2.24, 2.45) is 5.41 Å². The molecule has 2 atom stereocenters. The monoisotopic (exact) mass is 438 g/mol. The lowest BCUT2D eigenvalue weighted by Crippen LogP contribution is -2.35. The van der Waals surface area contributed by atoms with E-state index in [1.807, 2.05) is 32.0 Å². The Morgan fingerprint density at radius 3 is 2.19 bits per heavy atom. The number of hydrogen-bond donors (Lipinski definition) is 1. The van der Waals surface area contributed by atoms with Crippen LogP contribution in [-0.2, 0) is 14.3 Å². The minimum atomic E-state index is -4.41. The topological polar surface area (TPSA) is 55.8 Å². The first-order valence-corrected chi connectivity index (χ1v) is 10.6. The lowest BCUT2D eigenvalue weighted by atomic mass is 9.81. The minimum absolute atomic E-state index is 0.0439. The molecule has 3 rings (SSSR count). The number of aliphatic hydroxyl groups excluding tert-OH is 1. The maximum Gasteiger partial charge on any atom is 0.416 e. The van der Waals surface area contributed by atoms with E-state index in [-0.39, 0.29) is 18.6 Å². The first-order chi connectivity index (χ1) is 14.5. The van der Waals surface area contributed by atoms with E-state index in [1.165, 1.54) is 6.08 Å². The molecule has 0 aromatic heterocycles. The van der Waals surface area contributed by atoms with Gasteiger partial charge < -0.3 is 14.6 Å². The number of ether oxygens (including phenoxy) is 2. The third kappa shape index (κ3) is 5.98. The van der Waals surface area contributed by atoms with E-state index < -0.39 is 29.4 Å². The molecular weight excluding hydrogens is 409 g/mol. The molecule has 0 aliphatic heterocycles. The fraction of sp³-hybridized carbons (Fsp3) is 0.542. The number of alkyl halides is 3. The van der Waals surface area contributed by atoms with E-state index in [1.54, 1.807) is 6.92 Å². The number of carbonyl (C=O) groups is 1. The third-order valence-corrected chi connectivity index (χ3v) is 5.92. The molecule has 1 fully saturated rings. The predicted molar refractivity (Wildman–Crippen MR) is 110 cm³/mol. The van der Waals surface area contributed by atoms with Crippen molar-refractivity contribution in [3.8, 4) is 0 Å². The number of rotatable bonds is 5. The van der Waals surface area contributed by atoms with Gasteiger partial charge in [0.2, 0.25) is 0 Å². The molecule has 4 nitrogen and oxygen atoms in total. The van der Waals surface area contributed by atoms with E-state index in [0.717, 1.165) is 23.3 Å². The molecule has 2 aliphatic carbocycles. The van der Waals surface area contributed by atoms with Gasteiger partial charge >= 0.3 is 12.1 Å². The van der Waals surface area contributed by atoms with Crippen LogP contribution in [0.5, 0.6) is 0 Å². The van der Waals surface area contributed by atoms with Crippen LogP contribution >= 0.6 is 0 Å². The highest BCUT2D eigenvalue weighted by molar-refractivity contribution is 5.79. The molecule has 0 bridgehead atoms. The number of aryl methyl sites for hydroxylation is 2. The number of benzene rings is 1. The van der Waals surface area contributed by atoms with Crippen molar-refractivity contribution < 1.29 is 32.5 Å². The summed E-state index contributed by atoms with van der Waals surface area (Å²) in [6.07, 6.45) is -0.217. The first kappa shape index (κ1) is 23.5. The molecule has 0 spiro atoms. The van der Waals surface area contributed by atoms with Gasteiger partial charge in [-0.25, -0.2) is 0 Å². The zero-order valence-electron chi connectivity index (χ0n) is 18.0. The quantitative estimate of drug-likeness (QED) is 0.479. The van der Waals surface area contributed by atoms with Crippen molar-refractivity contribution in [2.45, 2.75) is 77.5 Å². The Labute approximate surface area is 180 Å². The molecule has 7 heteroatoms. The van der Waals surface area contributed by atoms with Crippen LogP contribution in [0.3, 0.4) is 0 Å². The summed E-state index contributed by atoms with van der Waals surface area (Å²) < 4.78 is 49.7. The second-order valence-electron chi connectivity index (χ2n) is 8.83. The zero-order valence-corrected chi connectivity index (χ0v) is 18.0. The molecule has 0 amide bonds. The molecule has 1 saturated carbocycles. The number of esters is 1. The van der Waals surface area contributed by atoms with Crippen molar-refractivity contribution in [2.75, 3.05) is 0 Å². The Bertz CT molecular complexity index is 846. The predicted octanol–water partition coefficient (Wildman–Crippen LogP) is 5.62. The van der Waals surface area contributed by atoms with Gasteiger partial charge in [-0.15, -0.1) is 0 Å². The average Bonchev–Trinajstić information content (AvgIpc) is 2.68. The van der Waals surface area contributed by atoms with Crippen molar-refractivity contribution in [1.29, 1.82) is 0 Å². The molecule has 31 heavy (non-hydrogen) atoms. The van der Waals surface area contributed by atoms with Crippen molar-refractivity contribution >= 4 is 5.97 Å². The molecule has 0 heterocycles. The van der Waals surface area contributed by atoms with Crippen molar-refractivity contribution in [3.63, 3.8) is 0 Å². The van der Waals surface area contributed by atoms with E-state index >= 15 is 0 Å². The van der Waals surface area contributed by atoms with Gasteiger partial charge in [0.25, 0.3) is 0 Å². The minimum Gasteiger partial charge on any atom is -0.462 e. The van der Waals surface area contributed by atoms with Crippen LogP contribution in [0.4, 0.5) is 13.2 Å². The number of carbonyl (C=O) groups excluding carboxylic acids is 1. The number of halogens is 3. The summed E-state index contributed by atoms with van der Waals surface area (Å²) in [6.45, 7) is 5.51. The van der Waals surface area contributed by atoms with Crippen LogP contribution in [0.25, 0.3) is 0 Å². The summed E-state index contributed by atoms with van der Waals surface area (Å²) in [4.78, 5) is 12.6. The highest BCUT2D eigenvalue weighted by Crippen LogP contribution is 2.38. The Balaban J connectivity index is 1.48. The van der Waals surface area contributed by atoms with Gasteiger partial charge in [-0.2, -0.15) is 13.2 Å². The smallest absolute Gasteiger partial charge is 0.416 e. The van der Waals surface area contributed by atoms with Gasteiger partial charge in [0, 0.05) is 5.56 Å². The Morgan fingerprint density at radius 2 is 1.68 bits per heavy atom. The Morgan fingerprint density at radius 1 is 1.10 bits per heavy atom. The summed E-state index contributed by atoms with van der Waals surface area (Å²) in [5, 5.41) is 10.4. The molecule has 0 radical (unpaired) electrons. The summed E-state index contributed by atoms with van der Waals surface area (Å²) in [5.74, 6) is -0.513. The molecular formula is C24H29F3O4. The van der Waals surface area contributed by atoms with Gasteiger partial charge in [0.15, 0.2) is 6.29 Å². The summed E-state index contributed by atoms with van der Waals surface area (Å²) >= 11 is 0. The Kier molecular flexibility index (Phi) is 6.96. The normalized spacial score (nSPS) is 27.5. The Hall–Kier alpha value is -2.12. The average molecular weight is 438 g/mol. The molecule has 1 N–H and O–H groups in total. The van der Waals surface area contributed by atoms with Crippen LogP contribution in [0.1, 0.15) is 62.0 Å². The van der Waals surface area contributed by atoms with Crippen LogP contribution in [0.2, 0.25) is 0 Å². The highest BCUT2D eigenvalue weighted by Gasteiger charge is 2.40. The molecule has 2 unspecified atom stereocenters. The van der Waals surface area contributed by atoms with Crippen LogP contribution < -0.4 is 0 Å². The van der Waals surface area contributed by atoms with Gasteiger partial charge in [-0.1, -0.05) is 47.6 Å². The van der Waals surface area contributed by atoms with Crippen LogP contribution in [0.15, 0.2) is 42.0 Å². The third-order valence-electron chi connectivity index (χ3n) is 5.92. The largest absolute Gasteiger partial charge is 0.462 e. The van der Waals surface area contributed by atoms with Gasteiger partial charge in [0.1, 0.15) is 6.10 Å². The summed E-state index contributed by atoms with van der Waals surface area (Å²) in [7, 11) is 0. The number of allylic oxidation sites excluding steroid dienone is 3. The van der Waals surface area contributed by atoms with E-state index in [9.17, 15) is 23.1 Å². The summed E-state index contributed by atoms with van der Waals surface area (Å²) in [6, 6.07) is 5.81. The lowest BCUT2D eigenvalue weighted by molar-refractivity contribution is -0.170. The first-order valence-electron chi connectivity index (χ1n) is 10.6.